The third-order valence-corrected chi connectivity index (χ3v) is 20.7. The SMILES string of the molecule is C.C.CO[Si](C)(C)O[Si](C)(C)O[C@H]1C[C@H]2OC[C@@]2(OC(C)=O)[C@H]2[C@H](OC(=O)c3ccccc3)[C@]3(O)C[C@H](OC(=O)[C@H](C)[C@@H](NC(=O)c4ccccc4)c4ccccc4)C(C)=C([C@@H](O)C(=O)[C@]12C)C3(C)C. The monoisotopic (exact) mass is 1000 g/mol. The van der Waals surface area contributed by atoms with Crippen molar-refractivity contribution in [2.24, 2.45) is 22.7 Å². The van der Waals surface area contributed by atoms with Crippen LogP contribution in [0.15, 0.2) is 102 Å². The minimum atomic E-state index is -3.26. The van der Waals surface area contributed by atoms with Crippen LogP contribution in [0.5, 0.6) is 0 Å². The van der Waals surface area contributed by atoms with Gasteiger partial charge in [-0.1, -0.05) is 95.4 Å². The Morgan fingerprint density at radius 1 is 0.843 bits per heavy atom. The Kier molecular flexibility index (Phi) is 16.6. The van der Waals surface area contributed by atoms with E-state index in [1.165, 1.54) is 6.92 Å². The number of hydrogen-bond acceptors (Lipinski definition) is 14. The van der Waals surface area contributed by atoms with E-state index in [0.717, 1.165) is 0 Å². The molecule has 3 aliphatic carbocycles. The topological polar surface area (TPSA) is 202 Å². The van der Waals surface area contributed by atoms with Crippen molar-refractivity contribution in [1.29, 1.82) is 0 Å². The highest BCUT2D eigenvalue weighted by molar-refractivity contribution is 6.78. The van der Waals surface area contributed by atoms with Crippen molar-refractivity contribution in [3.8, 4) is 0 Å². The largest absolute Gasteiger partial charge is 0.457 e. The van der Waals surface area contributed by atoms with Gasteiger partial charge in [-0.2, -0.15) is 0 Å². The molecule has 0 unspecified atom stereocenters. The maximum absolute atomic E-state index is 15.9. The number of nitrogens with one attached hydrogen (secondary N) is 1. The Morgan fingerprint density at radius 2 is 1.40 bits per heavy atom. The molecule has 0 spiro atoms. The van der Waals surface area contributed by atoms with Crippen molar-refractivity contribution in [2.75, 3.05) is 13.7 Å². The molecule has 382 valence electrons. The van der Waals surface area contributed by atoms with Crippen molar-refractivity contribution in [1.82, 2.24) is 5.32 Å². The normalized spacial score (nSPS) is 29.9. The summed E-state index contributed by atoms with van der Waals surface area (Å²) in [6, 6.07) is 24.8. The molecule has 0 radical (unpaired) electrons. The Balaban J connectivity index is 0.00000456. The lowest BCUT2D eigenvalue weighted by Gasteiger charge is -2.68. The molecule has 4 aliphatic rings. The van der Waals surface area contributed by atoms with Crippen molar-refractivity contribution < 1.29 is 66.1 Å². The van der Waals surface area contributed by atoms with E-state index in [2.05, 4.69) is 5.32 Å². The number of aliphatic hydroxyl groups excluding tert-OH is 1. The van der Waals surface area contributed by atoms with E-state index in [1.54, 1.807) is 127 Å². The van der Waals surface area contributed by atoms with E-state index >= 15 is 4.79 Å². The molecule has 11 atom stereocenters. The molecule has 2 bridgehead atoms. The fraction of sp³-hybridized carbons (Fsp3) is 0.528. The number of ether oxygens (including phenoxy) is 4. The zero-order valence-corrected chi connectivity index (χ0v) is 42.7. The number of esters is 3. The predicted molar refractivity (Wildman–Crippen MR) is 267 cm³/mol. The van der Waals surface area contributed by atoms with Gasteiger partial charge in [-0.3, -0.25) is 19.2 Å². The number of carbonyl (C=O) groups excluding carboxylic acids is 5. The van der Waals surface area contributed by atoms with Crippen LogP contribution in [0.1, 0.15) is 102 Å². The fourth-order valence-corrected chi connectivity index (χ4v) is 17.6. The van der Waals surface area contributed by atoms with Gasteiger partial charge in [0, 0.05) is 37.9 Å². The van der Waals surface area contributed by atoms with Crippen LogP contribution in [-0.4, -0.2) is 112 Å². The summed E-state index contributed by atoms with van der Waals surface area (Å²) >= 11 is 0. The quantitative estimate of drug-likeness (QED) is 0.0611. The van der Waals surface area contributed by atoms with E-state index < -0.39 is 124 Å². The van der Waals surface area contributed by atoms with Crippen LogP contribution in [-0.2, 0) is 46.3 Å². The van der Waals surface area contributed by atoms with Crippen LogP contribution in [0.4, 0.5) is 0 Å². The summed E-state index contributed by atoms with van der Waals surface area (Å²) in [6.45, 7) is 16.5. The molecular weight excluding hydrogens is 931 g/mol. The molecule has 3 aromatic rings. The molecule has 3 N–H and O–H groups in total. The number of hydrogen-bond donors (Lipinski definition) is 3. The predicted octanol–water partition coefficient (Wildman–Crippen LogP) is 7.80. The summed E-state index contributed by atoms with van der Waals surface area (Å²) in [7, 11) is -4.46. The van der Waals surface area contributed by atoms with E-state index in [1.807, 2.05) is 32.3 Å². The van der Waals surface area contributed by atoms with Crippen molar-refractivity contribution in [2.45, 2.75) is 143 Å². The van der Waals surface area contributed by atoms with Gasteiger partial charge < -0.3 is 47.4 Å². The maximum Gasteiger partial charge on any atom is 0.338 e. The summed E-state index contributed by atoms with van der Waals surface area (Å²) in [5, 5.41) is 29.8. The molecule has 1 saturated heterocycles. The summed E-state index contributed by atoms with van der Waals surface area (Å²) in [5.41, 5.74) is -5.92. The lowest BCUT2D eigenvalue weighted by atomic mass is 9.44. The third-order valence-electron chi connectivity index (χ3n) is 14.9. The van der Waals surface area contributed by atoms with Gasteiger partial charge in [0.25, 0.3) is 5.91 Å². The Morgan fingerprint density at radius 3 is 1.93 bits per heavy atom. The molecule has 3 fully saturated rings. The smallest absolute Gasteiger partial charge is 0.338 e. The van der Waals surface area contributed by atoms with Crippen LogP contribution >= 0.6 is 0 Å². The highest BCUT2D eigenvalue weighted by atomic mass is 28.5. The van der Waals surface area contributed by atoms with Gasteiger partial charge in [0.1, 0.15) is 30.0 Å². The second-order valence-corrected chi connectivity index (χ2v) is 27.4. The van der Waals surface area contributed by atoms with Gasteiger partial charge >= 0.3 is 35.0 Å². The van der Waals surface area contributed by atoms with Crippen molar-refractivity contribution >= 4 is 46.7 Å². The summed E-state index contributed by atoms with van der Waals surface area (Å²) < 4.78 is 44.8. The third kappa shape index (κ3) is 10.0. The minimum absolute atomic E-state index is 0. The maximum atomic E-state index is 15.9. The Hall–Kier alpha value is -4.86. The van der Waals surface area contributed by atoms with Crippen molar-refractivity contribution in [3.05, 3.63) is 119 Å². The van der Waals surface area contributed by atoms with E-state index in [4.69, 9.17) is 31.9 Å². The summed E-state index contributed by atoms with van der Waals surface area (Å²) in [4.78, 5) is 72.1. The second kappa shape index (κ2) is 20.7. The van der Waals surface area contributed by atoms with Crippen LogP contribution in [0, 0.1) is 22.7 Å². The second-order valence-electron chi connectivity index (χ2n) is 20.3. The average Bonchev–Trinajstić information content (AvgIpc) is 3.29. The first-order valence-electron chi connectivity index (χ1n) is 23.1. The highest BCUT2D eigenvalue weighted by Gasteiger charge is 2.78. The summed E-state index contributed by atoms with van der Waals surface area (Å²) in [6.07, 6.45) is -7.38. The lowest BCUT2D eigenvalue weighted by molar-refractivity contribution is -0.345. The molecule has 3 aromatic carbocycles. The molecule has 1 amide bonds. The van der Waals surface area contributed by atoms with E-state index in [-0.39, 0.29) is 39.0 Å². The van der Waals surface area contributed by atoms with Crippen LogP contribution in [0.25, 0.3) is 0 Å². The standard InChI is InChI=1S/C51H65NO14Si2.2CH4/c1-30-36(62-46(57)31(2)40(33-21-15-12-16-22-33)52-45(56)34-23-17-13-18-24-34)28-51(59)44(63-47(58)35-25-19-14-20-26-35)42-49(6,43(55)41(54)39(30)48(51,4)5)37(65-68(10,11)66-67(8,9)60-7)27-38-50(42,29-61-38)64-32(3)53;;/h12-26,31,36-38,40-42,44,54,59H,27-29H2,1-11H3,(H,52,56);2*1H4/t31-,36+,37+,38-,40-,41-,42+,44+,49-,50+,51-;;/m1../s1. The van der Waals surface area contributed by atoms with Gasteiger partial charge in [-0.15, -0.1) is 0 Å². The van der Waals surface area contributed by atoms with Crippen molar-refractivity contribution in [3.63, 3.8) is 0 Å². The molecule has 1 aliphatic heterocycles. The Labute approximate surface area is 415 Å². The molecule has 70 heavy (non-hydrogen) atoms. The number of benzene rings is 3. The zero-order valence-electron chi connectivity index (χ0n) is 40.7. The first-order valence-corrected chi connectivity index (χ1v) is 28.7. The fourth-order valence-electron chi connectivity index (χ4n) is 11.3. The first kappa shape index (κ1) is 56.1. The minimum Gasteiger partial charge on any atom is -0.457 e. The summed E-state index contributed by atoms with van der Waals surface area (Å²) in [5.74, 6) is -5.95. The molecule has 1 heterocycles. The molecule has 2 saturated carbocycles. The van der Waals surface area contributed by atoms with Gasteiger partial charge in [0.15, 0.2) is 11.4 Å². The number of ketones is 1. The van der Waals surface area contributed by atoms with Crippen LogP contribution < -0.4 is 5.32 Å². The molecule has 17 heteroatoms. The van der Waals surface area contributed by atoms with Gasteiger partial charge in [0.05, 0.1) is 41.6 Å². The zero-order chi connectivity index (χ0) is 49.8. The molecule has 0 aromatic heterocycles. The number of fused-ring (bicyclic) bond motifs is 5. The number of rotatable bonds is 14. The van der Waals surface area contributed by atoms with Gasteiger partial charge in [-0.25, -0.2) is 4.79 Å². The number of carbonyl (C=O) groups is 5. The lowest BCUT2D eigenvalue weighted by Crippen LogP contribution is -2.82. The molecule has 7 rings (SSSR count). The number of aliphatic hydroxyl groups is 2. The Bertz CT molecular complexity index is 2430. The van der Waals surface area contributed by atoms with E-state index in [0.29, 0.717) is 16.7 Å². The molecule has 15 nitrogen and oxygen atoms in total. The first-order chi connectivity index (χ1) is 31.8. The molecular formula is C53H73NO14Si2. The number of Topliss-reactive ketones (excluding diaryl/α,β-unsaturated/α-hetero) is 1. The van der Waals surface area contributed by atoms with Gasteiger partial charge in [0.2, 0.25) is 0 Å². The van der Waals surface area contributed by atoms with Crippen LogP contribution in [0.3, 0.4) is 0 Å². The van der Waals surface area contributed by atoms with Gasteiger partial charge in [-0.05, 0) is 87.9 Å². The highest BCUT2D eigenvalue weighted by Crippen LogP contribution is 2.65. The van der Waals surface area contributed by atoms with E-state index in [9.17, 15) is 29.4 Å². The number of amides is 1. The van der Waals surface area contributed by atoms with Crippen LogP contribution in [0.2, 0.25) is 26.2 Å². The average molecular weight is 1000 g/mol.